The van der Waals surface area contributed by atoms with E-state index < -0.39 is 0 Å². The summed E-state index contributed by atoms with van der Waals surface area (Å²) in [5.41, 5.74) is 7.98. The highest BCUT2D eigenvalue weighted by molar-refractivity contribution is 5.70. The van der Waals surface area contributed by atoms with Gasteiger partial charge in [0.05, 0.1) is 0 Å². The van der Waals surface area contributed by atoms with Crippen LogP contribution in [0.1, 0.15) is 41.5 Å². The van der Waals surface area contributed by atoms with Crippen molar-refractivity contribution in [2.24, 2.45) is 0 Å². The second-order valence-corrected chi connectivity index (χ2v) is 7.15. The van der Waals surface area contributed by atoms with Crippen molar-refractivity contribution in [3.05, 3.63) is 94.8 Å². The van der Waals surface area contributed by atoms with Gasteiger partial charge in [0.1, 0.15) is 5.82 Å². The Kier molecular flexibility index (Phi) is 6.22. The molecule has 0 aliphatic carbocycles. The van der Waals surface area contributed by atoms with Crippen molar-refractivity contribution in [1.29, 1.82) is 0 Å². The van der Waals surface area contributed by atoms with Gasteiger partial charge in [-0.1, -0.05) is 61.0 Å². The fourth-order valence-electron chi connectivity index (χ4n) is 3.54. The average Bonchev–Trinajstić information content (AvgIpc) is 2.64. The minimum Gasteiger partial charge on any atom is -0.207 e. The zero-order valence-electron chi connectivity index (χ0n) is 15.8. The molecule has 134 valence electrons. The second-order valence-electron chi connectivity index (χ2n) is 7.15. The summed E-state index contributed by atoms with van der Waals surface area (Å²) < 4.78 is 12.9. The highest BCUT2D eigenvalue weighted by atomic mass is 19.1. The third kappa shape index (κ3) is 4.82. The van der Waals surface area contributed by atoms with Crippen molar-refractivity contribution < 1.29 is 4.39 Å². The summed E-state index contributed by atoms with van der Waals surface area (Å²) in [6, 6.07) is 22.3. The Morgan fingerprint density at radius 2 is 1.23 bits per heavy atom. The predicted octanol–water partition coefficient (Wildman–Crippen LogP) is 7.07. The van der Waals surface area contributed by atoms with Crippen molar-refractivity contribution in [3.63, 3.8) is 0 Å². The molecule has 0 spiro atoms. The first-order valence-electron chi connectivity index (χ1n) is 9.53. The molecule has 0 aliphatic heterocycles. The number of benzene rings is 3. The lowest BCUT2D eigenvalue weighted by molar-refractivity contribution is 0.625. The van der Waals surface area contributed by atoms with Gasteiger partial charge in [-0.15, -0.1) is 0 Å². The molecule has 0 nitrogen and oxygen atoms in total. The first-order valence-corrected chi connectivity index (χ1v) is 9.53. The maximum Gasteiger partial charge on any atom is 0.123 e. The maximum absolute atomic E-state index is 12.9. The normalized spacial score (nSPS) is 10.9. The molecule has 26 heavy (non-hydrogen) atoms. The standard InChI is InChI=1S/C25H27F/c1-19-8-6-7-11-24(19)25-17-14-22(18-20(25)2)10-5-3-4-9-21-12-15-23(26)16-13-21/h6-8,11-18H,3-5,9-10H2,1-2H3. The molecule has 0 atom stereocenters. The molecule has 3 rings (SSSR count). The van der Waals surface area contributed by atoms with Crippen LogP contribution < -0.4 is 0 Å². The van der Waals surface area contributed by atoms with E-state index in [1.165, 1.54) is 46.2 Å². The molecular formula is C25H27F. The van der Waals surface area contributed by atoms with Crippen LogP contribution in [0.4, 0.5) is 4.39 Å². The van der Waals surface area contributed by atoms with Crippen LogP contribution in [-0.2, 0) is 12.8 Å². The molecule has 0 fully saturated rings. The number of hydrogen-bond donors (Lipinski definition) is 0. The van der Waals surface area contributed by atoms with Crippen LogP contribution in [0.15, 0.2) is 66.7 Å². The zero-order chi connectivity index (χ0) is 18.4. The van der Waals surface area contributed by atoms with Crippen LogP contribution in [0.5, 0.6) is 0 Å². The predicted molar refractivity (Wildman–Crippen MR) is 109 cm³/mol. The lowest BCUT2D eigenvalue weighted by Crippen LogP contribution is -1.92. The van der Waals surface area contributed by atoms with Crippen molar-refractivity contribution in [3.8, 4) is 11.1 Å². The van der Waals surface area contributed by atoms with Crippen molar-refractivity contribution >= 4 is 0 Å². The van der Waals surface area contributed by atoms with E-state index in [-0.39, 0.29) is 5.82 Å². The minimum absolute atomic E-state index is 0.154. The second kappa shape index (κ2) is 8.80. The molecule has 0 bridgehead atoms. The number of halogens is 1. The van der Waals surface area contributed by atoms with E-state index >= 15 is 0 Å². The van der Waals surface area contributed by atoms with E-state index in [0.29, 0.717) is 0 Å². The summed E-state index contributed by atoms with van der Waals surface area (Å²) in [4.78, 5) is 0. The van der Waals surface area contributed by atoms with Gasteiger partial charge < -0.3 is 0 Å². The molecular weight excluding hydrogens is 319 g/mol. The van der Waals surface area contributed by atoms with E-state index in [1.807, 2.05) is 12.1 Å². The molecule has 1 heteroatoms. The Morgan fingerprint density at radius 1 is 0.615 bits per heavy atom. The van der Waals surface area contributed by atoms with Gasteiger partial charge >= 0.3 is 0 Å². The molecule has 0 radical (unpaired) electrons. The Balaban J connectivity index is 1.50. The van der Waals surface area contributed by atoms with E-state index in [4.69, 9.17) is 0 Å². The smallest absolute Gasteiger partial charge is 0.123 e. The summed E-state index contributed by atoms with van der Waals surface area (Å²) in [6.45, 7) is 4.38. The van der Waals surface area contributed by atoms with Gasteiger partial charge in [-0.2, -0.15) is 0 Å². The number of hydrogen-bond acceptors (Lipinski definition) is 0. The average molecular weight is 346 g/mol. The zero-order valence-corrected chi connectivity index (χ0v) is 15.8. The maximum atomic E-state index is 12.9. The fourth-order valence-corrected chi connectivity index (χ4v) is 3.54. The molecule has 0 heterocycles. The lowest BCUT2D eigenvalue weighted by atomic mass is 9.94. The molecule has 0 saturated heterocycles. The molecule has 0 amide bonds. The Hall–Kier alpha value is -2.41. The SMILES string of the molecule is Cc1ccccc1-c1ccc(CCCCCc2ccc(F)cc2)cc1C. The molecule has 0 aliphatic rings. The van der Waals surface area contributed by atoms with Gasteiger partial charge in [-0.3, -0.25) is 0 Å². The van der Waals surface area contributed by atoms with Crippen LogP contribution in [0, 0.1) is 19.7 Å². The minimum atomic E-state index is -0.154. The largest absolute Gasteiger partial charge is 0.207 e. The summed E-state index contributed by atoms with van der Waals surface area (Å²) in [6.07, 6.45) is 5.72. The topological polar surface area (TPSA) is 0 Å². The van der Waals surface area contributed by atoms with Gasteiger partial charge in [-0.05, 0) is 85.0 Å². The van der Waals surface area contributed by atoms with E-state index in [2.05, 4.69) is 56.3 Å². The van der Waals surface area contributed by atoms with Gasteiger partial charge in [0.2, 0.25) is 0 Å². The Morgan fingerprint density at radius 3 is 1.92 bits per heavy atom. The van der Waals surface area contributed by atoms with Crippen LogP contribution in [-0.4, -0.2) is 0 Å². The van der Waals surface area contributed by atoms with Crippen LogP contribution in [0.3, 0.4) is 0 Å². The van der Waals surface area contributed by atoms with Crippen molar-refractivity contribution in [2.75, 3.05) is 0 Å². The quantitative estimate of drug-likeness (QED) is 0.401. The monoisotopic (exact) mass is 346 g/mol. The summed E-state index contributed by atoms with van der Waals surface area (Å²) in [7, 11) is 0. The lowest BCUT2D eigenvalue weighted by Gasteiger charge is -2.11. The van der Waals surface area contributed by atoms with Crippen LogP contribution >= 0.6 is 0 Å². The van der Waals surface area contributed by atoms with Crippen molar-refractivity contribution in [2.45, 2.75) is 46.0 Å². The summed E-state index contributed by atoms with van der Waals surface area (Å²) in [5.74, 6) is -0.154. The highest BCUT2D eigenvalue weighted by Gasteiger charge is 2.05. The number of aryl methyl sites for hydroxylation is 4. The number of rotatable bonds is 7. The van der Waals surface area contributed by atoms with E-state index in [0.717, 1.165) is 19.3 Å². The molecule has 0 aromatic heterocycles. The Bertz CT molecular complexity index is 846. The first kappa shape index (κ1) is 18.4. The van der Waals surface area contributed by atoms with Gasteiger partial charge in [-0.25, -0.2) is 4.39 Å². The van der Waals surface area contributed by atoms with Gasteiger partial charge in [0.15, 0.2) is 0 Å². The summed E-state index contributed by atoms with van der Waals surface area (Å²) in [5, 5.41) is 0. The van der Waals surface area contributed by atoms with Crippen LogP contribution in [0.2, 0.25) is 0 Å². The third-order valence-electron chi connectivity index (χ3n) is 5.07. The molecule has 3 aromatic carbocycles. The van der Waals surface area contributed by atoms with Gasteiger partial charge in [0.25, 0.3) is 0 Å². The summed E-state index contributed by atoms with van der Waals surface area (Å²) >= 11 is 0. The molecule has 0 saturated carbocycles. The Labute approximate surface area is 156 Å². The van der Waals surface area contributed by atoms with Crippen LogP contribution in [0.25, 0.3) is 11.1 Å². The highest BCUT2D eigenvalue weighted by Crippen LogP contribution is 2.27. The van der Waals surface area contributed by atoms with Gasteiger partial charge in [0, 0.05) is 0 Å². The number of unbranched alkanes of at least 4 members (excludes halogenated alkanes) is 2. The molecule has 0 N–H and O–H groups in total. The van der Waals surface area contributed by atoms with E-state index in [1.54, 1.807) is 12.1 Å². The fraction of sp³-hybridized carbons (Fsp3) is 0.280. The molecule has 0 unspecified atom stereocenters. The van der Waals surface area contributed by atoms with E-state index in [9.17, 15) is 4.39 Å². The molecule has 3 aromatic rings. The first-order chi connectivity index (χ1) is 12.6. The van der Waals surface area contributed by atoms with Crippen molar-refractivity contribution in [1.82, 2.24) is 0 Å². The third-order valence-corrected chi connectivity index (χ3v) is 5.07.